The minimum absolute atomic E-state index is 0.184. The molecular formula is C17H17NS. The van der Waals surface area contributed by atoms with Crippen molar-refractivity contribution in [1.82, 2.24) is 0 Å². The van der Waals surface area contributed by atoms with E-state index in [-0.39, 0.29) is 5.41 Å². The van der Waals surface area contributed by atoms with E-state index >= 15 is 0 Å². The number of nitriles is 1. The van der Waals surface area contributed by atoms with Crippen molar-refractivity contribution in [3.63, 3.8) is 0 Å². The van der Waals surface area contributed by atoms with Gasteiger partial charge in [-0.05, 0) is 41.3 Å². The second kappa shape index (κ2) is 5.50. The first-order valence-electron chi connectivity index (χ1n) is 6.27. The smallest absolute Gasteiger partial charge is 0.0992 e. The Hall–Kier alpha value is -1.72. The molecule has 0 radical (unpaired) electrons. The Morgan fingerprint density at radius 3 is 2.21 bits per heavy atom. The van der Waals surface area contributed by atoms with Crippen molar-refractivity contribution in [2.24, 2.45) is 0 Å². The molecule has 19 heavy (non-hydrogen) atoms. The Labute approximate surface area is 119 Å². The summed E-state index contributed by atoms with van der Waals surface area (Å²) in [6.07, 6.45) is 0. The molecule has 1 nitrogen and oxygen atoms in total. The van der Waals surface area contributed by atoms with Gasteiger partial charge in [-0.15, -0.1) is 0 Å². The zero-order chi connectivity index (χ0) is 13.9. The van der Waals surface area contributed by atoms with Gasteiger partial charge in [-0.3, -0.25) is 0 Å². The summed E-state index contributed by atoms with van der Waals surface area (Å²) >= 11 is 1.69. The number of benzene rings is 2. The summed E-state index contributed by atoms with van der Waals surface area (Å²) in [5.41, 5.74) is 2.23. The molecule has 2 heteroatoms. The summed E-state index contributed by atoms with van der Waals surface area (Å²) in [5.74, 6) is 0. The lowest BCUT2D eigenvalue weighted by atomic mass is 9.87. The molecule has 0 aliphatic carbocycles. The lowest BCUT2D eigenvalue weighted by Crippen LogP contribution is -2.10. The first-order valence-corrected chi connectivity index (χ1v) is 7.09. The van der Waals surface area contributed by atoms with Crippen LogP contribution in [0.25, 0.3) is 0 Å². The van der Waals surface area contributed by atoms with E-state index in [9.17, 15) is 0 Å². The number of nitrogens with zero attached hydrogens (tertiary/aromatic N) is 1. The minimum Gasteiger partial charge on any atom is -0.192 e. The van der Waals surface area contributed by atoms with Crippen LogP contribution in [0.4, 0.5) is 0 Å². The van der Waals surface area contributed by atoms with E-state index in [1.165, 1.54) is 10.5 Å². The third kappa shape index (κ3) is 3.62. The zero-order valence-electron chi connectivity index (χ0n) is 11.5. The van der Waals surface area contributed by atoms with Crippen LogP contribution in [0.3, 0.4) is 0 Å². The standard InChI is InChI=1S/C17H17NS/c1-17(2,3)14-7-9-15(10-8-14)19-16-6-4-5-13(11-16)12-18/h4-11H,1-3H3. The van der Waals surface area contributed by atoms with E-state index in [2.05, 4.69) is 51.1 Å². The van der Waals surface area contributed by atoms with Crippen LogP contribution >= 0.6 is 11.8 Å². The van der Waals surface area contributed by atoms with E-state index in [4.69, 9.17) is 5.26 Å². The number of rotatable bonds is 2. The fraction of sp³-hybridized carbons (Fsp3) is 0.235. The van der Waals surface area contributed by atoms with Crippen LogP contribution in [-0.4, -0.2) is 0 Å². The lowest BCUT2D eigenvalue weighted by Gasteiger charge is -2.19. The van der Waals surface area contributed by atoms with Crippen molar-refractivity contribution in [2.75, 3.05) is 0 Å². The Kier molecular flexibility index (Phi) is 3.97. The molecule has 0 fully saturated rings. The molecule has 96 valence electrons. The molecule has 2 aromatic carbocycles. The van der Waals surface area contributed by atoms with Crippen molar-refractivity contribution in [3.05, 3.63) is 59.7 Å². The van der Waals surface area contributed by atoms with Crippen LogP contribution in [-0.2, 0) is 5.41 Å². The van der Waals surface area contributed by atoms with Crippen molar-refractivity contribution >= 4 is 11.8 Å². The average molecular weight is 267 g/mol. The molecule has 0 amide bonds. The molecule has 0 unspecified atom stereocenters. The van der Waals surface area contributed by atoms with Crippen LogP contribution in [0.2, 0.25) is 0 Å². The van der Waals surface area contributed by atoms with Gasteiger partial charge in [0.25, 0.3) is 0 Å². The van der Waals surface area contributed by atoms with Gasteiger partial charge in [0.1, 0.15) is 0 Å². The Balaban J connectivity index is 2.18. The van der Waals surface area contributed by atoms with Crippen LogP contribution in [0.5, 0.6) is 0 Å². The topological polar surface area (TPSA) is 23.8 Å². The van der Waals surface area contributed by atoms with Gasteiger partial charge in [-0.1, -0.05) is 50.7 Å². The van der Waals surface area contributed by atoms with E-state index in [1.54, 1.807) is 11.8 Å². The van der Waals surface area contributed by atoms with Crippen molar-refractivity contribution in [1.29, 1.82) is 5.26 Å². The molecule has 2 rings (SSSR count). The Morgan fingerprint density at radius 2 is 1.63 bits per heavy atom. The number of hydrogen-bond donors (Lipinski definition) is 0. The number of hydrogen-bond acceptors (Lipinski definition) is 2. The first kappa shape index (κ1) is 13.7. The van der Waals surface area contributed by atoms with Gasteiger partial charge in [0, 0.05) is 9.79 Å². The van der Waals surface area contributed by atoms with Gasteiger partial charge in [0.05, 0.1) is 11.6 Å². The molecule has 0 spiro atoms. The quantitative estimate of drug-likeness (QED) is 0.764. The predicted octanol–water partition coefficient (Wildman–Crippen LogP) is 5.01. The Bertz CT molecular complexity index is 600. The van der Waals surface area contributed by atoms with E-state index in [0.29, 0.717) is 5.56 Å². The highest BCUT2D eigenvalue weighted by Crippen LogP contribution is 2.30. The van der Waals surface area contributed by atoms with Crippen LogP contribution in [0.15, 0.2) is 58.3 Å². The molecule has 0 aliphatic rings. The summed E-state index contributed by atoms with van der Waals surface area (Å²) < 4.78 is 0. The average Bonchev–Trinajstić information content (AvgIpc) is 2.38. The molecule has 0 N–H and O–H groups in total. The van der Waals surface area contributed by atoms with Gasteiger partial charge in [0.2, 0.25) is 0 Å². The fourth-order valence-electron chi connectivity index (χ4n) is 1.79. The Morgan fingerprint density at radius 1 is 0.947 bits per heavy atom. The van der Waals surface area contributed by atoms with Crippen molar-refractivity contribution in [2.45, 2.75) is 36.0 Å². The first-order chi connectivity index (χ1) is 8.99. The van der Waals surface area contributed by atoms with E-state index in [1.807, 2.05) is 24.3 Å². The second-order valence-corrected chi connectivity index (χ2v) is 6.66. The van der Waals surface area contributed by atoms with Crippen LogP contribution in [0.1, 0.15) is 31.9 Å². The molecule has 2 aromatic rings. The zero-order valence-corrected chi connectivity index (χ0v) is 12.3. The van der Waals surface area contributed by atoms with Gasteiger partial charge < -0.3 is 0 Å². The van der Waals surface area contributed by atoms with E-state index < -0.39 is 0 Å². The normalized spacial score (nSPS) is 11.1. The highest BCUT2D eigenvalue weighted by atomic mass is 32.2. The maximum atomic E-state index is 8.89. The van der Waals surface area contributed by atoms with Crippen LogP contribution in [0, 0.1) is 11.3 Å². The molecule has 0 saturated heterocycles. The SMILES string of the molecule is CC(C)(C)c1ccc(Sc2cccc(C#N)c2)cc1. The maximum absolute atomic E-state index is 8.89. The predicted molar refractivity (Wildman–Crippen MR) is 80.4 cm³/mol. The summed E-state index contributed by atoms with van der Waals surface area (Å²) in [7, 11) is 0. The van der Waals surface area contributed by atoms with E-state index in [0.717, 1.165) is 4.90 Å². The third-order valence-corrected chi connectivity index (χ3v) is 3.92. The van der Waals surface area contributed by atoms with Gasteiger partial charge in [-0.2, -0.15) is 5.26 Å². The van der Waals surface area contributed by atoms with Crippen molar-refractivity contribution in [3.8, 4) is 6.07 Å². The minimum atomic E-state index is 0.184. The molecule has 0 heterocycles. The highest BCUT2D eigenvalue weighted by molar-refractivity contribution is 7.99. The molecular weight excluding hydrogens is 250 g/mol. The third-order valence-electron chi connectivity index (χ3n) is 2.92. The molecule has 0 saturated carbocycles. The maximum Gasteiger partial charge on any atom is 0.0992 e. The van der Waals surface area contributed by atoms with Crippen molar-refractivity contribution < 1.29 is 0 Å². The van der Waals surface area contributed by atoms with Gasteiger partial charge in [-0.25, -0.2) is 0 Å². The molecule has 0 atom stereocenters. The largest absolute Gasteiger partial charge is 0.192 e. The summed E-state index contributed by atoms with van der Waals surface area (Å²) in [6, 6.07) is 18.5. The van der Waals surface area contributed by atoms with Gasteiger partial charge >= 0.3 is 0 Å². The van der Waals surface area contributed by atoms with Crippen LogP contribution < -0.4 is 0 Å². The highest BCUT2D eigenvalue weighted by Gasteiger charge is 2.12. The summed E-state index contributed by atoms with van der Waals surface area (Å²) in [6.45, 7) is 6.64. The summed E-state index contributed by atoms with van der Waals surface area (Å²) in [5, 5.41) is 8.89. The monoisotopic (exact) mass is 267 g/mol. The molecule has 0 bridgehead atoms. The molecule has 0 aliphatic heterocycles. The second-order valence-electron chi connectivity index (χ2n) is 5.52. The fourth-order valence-corrected chi connectivity index (χ4v) is 2.67. The molecule has 0 aromatic heterocycles. The van der Waals surface area contributed by atoms with Gasteiger partial charge in [0.15, 0.2) is 0 Å². The lowest BCUT2D eigenvalue weighted by molar-refractivity contribution is 0.590. The summed E-state index contributed by atoms with van der Waals surface area (Å²) in [4.78, 5) is 2.30.